The molecule has 6 rings (SSSR count). The van der Waals surface area contributed by atoms with E-state index in [-0.39, 0.29) is 41.3 Å². The third-order valence-electron chi connectivity index (χ3n) is 11.5. The van der Waals surface area contributed by atoms with Gasteiger partial charge in [0.2, 0.25) is 23.5 Å². The number of aromatic nitrogens is 3. The number of nitrogens with one attached hydrogen (secondary N) is 6. The molecule has 14 nitrogen and oxygen atoms in total. The Hall–Kier alpha value is -6.54. The average molecular weight is 945 g/mol. The van der Waals surface area contributed by atoms with Gasteiger partial charge < -0.3 is 31.3 Å². The van der Waals surface area contributed by atoms with Crippen molar-refractivity contribution < 1.29 is 59.4 Å². The molecule has 0 radical (unpaired) electrons. The summed E-state index contributed by atoms with van der Waals surface area (Å²) in [5, 5.41) is 18.7. The molecule has 2 atom stereocenters. The van der Waals surface area contributed by atoms with E-state index < -0.39 is 65.3 Å². The molecule has 1 saturated carbocycles. The predicted molar refractivity (Wildman–Crippen MR) is 231 cm³/mol. The number of anilines is 1. The Morgan fingerprint density at radius 3 is 2.12 bits per heavy atom. The van der Waals surface area contributed by atoms with E-state index in [1.165, 1.54) is 24.3 Å². The quantitative estimate of drug-likeness (QED) is 0.0691. The summed E-state index contributed by atoms with van der Waals surface area (Å²) in [5.74, 6) is -16.8. The maximum absolute atomic E-state index is 14.2. The molecule has 1 saturated heterocycles. The number of piperidine rings is 1. The number of aryl methyl sites for hydroxylation is 1. The van der Waals surface area contributed by atoms with Crippen LogP contribution in [0.25, 0.3) is 22.5 Å². The van der Waals surface area contributed by atoms with Gasteiger partial charge in [0, 0.05) is 42.2 Å². The number of nitrogens with zero attached hydrogens (tertiary/aromatic N) is 2. The van der Waals surface area contributed by atoms with E-state index in [1.807, 2.05) is 24.2 Å². The zero-order valence-corrected chi connectivity index (χ0v) is 37.0. The number of benzene rings is 3. The maximum atomic E-state index is 14.2. The number of carbonyl (C=O) groups is 5. The molecule has 0 spiro atoms. The predicted octanol–water partition coefficient (Wildman–Crippen LogP) is 7.74. The first-order chi connectivity index (χ1) is 31.4. The smallest absolute Gasteiger partial charge is 0.444 e. The normalized spacial score (nSPS) is 18.6. The highest BCUT2D eigenvalue weighted by molar-refractivity contribution is 5.99. The van der Waals surface area contributed by atoms with Crippen molar-refractivity contribution in [1.82, 2.24) is 36.4 Å². The molecular formula is C46H51F7N8O6. The number of rotatable bonds is 14. The monoisotopic (exact) mass is 944 g/mol. The van der Waals surface area contributed by atoms with Gasteiger partial charge in [0.1, 0.15) is 17.7 Å². The van der Waals surface area contributed by atoms with Crippen LogP contribution in [0.1, 0.15) is 86.6 Å². The van der Waals surface area contributed by atoms with Crippen molar-refractivity contribution in [2.24, 2.45) is 11.8 Å². The van der Waals surface area contributed by atoms with Crippen molar-refractivity contribution in [2.75, 3.05) is 18.4 Å². The number of halogens is 7. The second kappa shape index (κ2) is 20.1. The Kier molecular flexibility index (Phi) is 15.0. The number of aromatic amines is 1. The molecule has 1 aromatic heterocycles. The van der Waals surface area contributed by atoms with Gasteiger partial charge in [-0.05, 0) is 131 Å². The lowest BCUT2D eigenvalue weighted by atomic mass is 9.81. The summed E-state index contributed by atoms with van der Waals surface area (Å²) < 4.78 is 99.2. The molecule has 3 aromatic carbocycles. The van der Waals surface area contributed by atoms with Gasteiger partial charge in [-0.2, -0.15) is 35.8 Å². The molecule has 2 unspecified atom stereocenters. The molecule has 21 heteroatoms. The summed E-state index contributed by atoms with van der Waals surface area (Å²) in [7, 11) is 0. The van der Waals surface area contributed by atoms with Crippen molar-refractivity contribution in [1.29, 1.82) is 0 Å². The van der Waals surface area contributed by atoms with Crippen molar-refractivity contribution in [2.45, 2.75) is 108 Å². The Balaban J connectivity index is 1.14. The van der Waals surface area contributed by atoms with Gasteiger partial charge in [-0.15, -0.1) is 0 Å². The van der Waals surface area contributed by atoms with E-state index in [2.05, 4.69) is 36.7 Å². The van der Waals surface area contributed by atoms with Crippen molar-refractivity contribution in [3.63, 3.8) is 0 Å². The largest absolute Gasteiger partial charge is 0.460 e. The van der Waals surface area contributed by atoms with Crippen molar-refractivity contribution in [3.05, 3.63) is 89.2 Å². The summed E-state index contributed by atoms with van der Waals surface area (Å²) in [6, 6.07) is 15.8. The fourth-order valence-electron chi connectivity index (χ4n) is 7.80. The van der Waals surface area contributed by atoms with Gasteiger partial charge in [-0.3, -0.25) is 24.3 Å². The first-order valence-corrected chi connectivity index (χ1v) is 21.6. The second-order valence-corrected chi connectivity index (χ2v) is 17.8. The third kappa shape index (κ3) is 12.3. The maximum Gasteiger partial charge on any atom is 0.460 e. The summed E-state index contributed by atoms with van der Waals surface area (Å²) in [5.41, 5.74) is 2.96. The van der Waals surface area contributed by atoms with E-state index in [9.17, 15) is 54.7 Å². The van der Waals surface area contributed by atoms with Gasteiger partial charge in [-0.25, -0.2) is 9.78 Å². The van der Waals surface area contributed by atoms with Crippen LogP contribution in [0.15, 0.2) is 66.7 Å². The number of amides is 5. The van der Waals surface area contributed by atoms with Crippen LogP contribution in [0.2, 0.25) is 0 Å². The fraction of sp³-hybridized carbons (Fsp3) is 0.457. The van der Waals surface area contributed by atoms with Gasteiger partial charge >= 0.3 is 24.1 Å². The lowest BCUT2D eigenvalue weighted by Crippen LogP contribution is -2.50. The number of carbonyl (C=O) groups excluding carboxylic acids is 5. The van der Waals surface area contributed by atoms with Crippen LogP contribution < -0.4 is 26.6 Å². The molecule has 6 N–H and O–H groups in total. The van der Waals surface area contributed by atoms with E-state index in [0.29, 0.717) is 56.3 Å². The molecule has 1 aliphatic carbocycles. The molecule has 5 amide bonds. The zero-order chi connectivity index (χ0) is 48.9. The van der Waals surface area contributed by atoms with Crippen LogP contribution in [-0.2, 0) is 31.5 Å². The number of hydrogen-bond acceptors (Lipinski definition) is 8. The van der Waals surface area contributed by atoms with E-state index in [0.717, 1.165) is 23.1 Å². The van der Waals surface area contributed by atoms with E-state index in [1.54, 1.807) is 51.1 Å². The van der Waals surface area contributed by atoms with Crippen molar-refractivity contribution >= 4 is 35.4 Å². The highest BCUT2D eigenvalue weighted by atomic mass is 19.4. The van der Waals surface area contributed by atoms with Gasteiger partial charge in [0.25, 0.3) is 5.91 Å². The Bertz CT molecular complexity index is 2430. The minimum Gasteiger partial charge on any atom is -0.444 e. The van der Waals surface area contributed by atoms with Crippen LogP contribution >= 0.6 is 0 Å². The first kappa shape index (κ1) is 49.9. The molecule has 2 aliphatic rings. The van der Waals surface area contributed by atoms with Gasteiger partial charge in [-0.1, -0.05) is 30.3 Å². The SMILES string of the molecule is Cc1cc(C(=O)NC2CCCNC2=O)ccc1-c1ccc(CC(NC(=O)[C@H]2CC[C@H](CNC(=O)OC(C)(C)C)CC2)C(=O)Nc2ccc(-c3nc(C(F)(F)C(F)(F)C(F)(F)F)n[nH]3)cc2)cc1. The Morgan fingerprint density at radius 2 is 1.51 bits per heavy atom. The number of alkyl carbamates (subject to hydrolysis) is 1. The third-order valence-corrected chi connectivity index (χ3v) is 11.5. The molecule has 360 valence electrons. The lowest BCUT2D eigenvalue weighted by molar-refractivity contribution is -0.361. The van der Waals surface area contributed by atoms with E-state index >= 15 is 0 Å². The van der Waals surface area contributed by atoms with Gasteiger partial charge in [0.05, 0.1) is 0 Å². The average Bonchev–Trinajstić information content (AvgIpc) is 3.77. The number of ether oxygens (including phenoxy) is 1. The highest BCUT2D eigenvalue weighted by Gasteiger charge is 2.75. The summed E-state index contributed by atoms with van der Waals surface area (Å²) in [6.45, 7) is 8.07. The minimum atomic E-state index is -6.58. The summed E-state index contributed by atoms with van der Waals surface area (Å²) in [4.78, 5) is 68.2. The molecule has 2 heterocycles. The molecule has 4 aromatic rings. The number of alkyl halides is 7. The summed E-state index contributed by atoms with van der Waals surface area (Å²) in [6.07, 6.45) is -3.50. The number of hydrogen-bond donors (Lipinski definition) is 6. The van der Waals surface area contributed by atoms with Crippen LogP contribution in [0.5, 0.6) is 0 Å². The van der Waals surface area contributed by atoms with Crippen molar-refractivity contribution in [3.8, 4) is 22.5 Å². The second-order valence-electron chi connectivity index (χ2n) is 17.8. The standard InChI is InChI=1S/C46H51F7N8O6/c1-25-22-31(38(63)57-34-6-5-21-54-39(34)64)17-20-33(25)28-11-7-26(8-12-28)23-35(58-37(62)30-13-9-27(10-14-30)24-55-42(66)67-43(2,3)4)40(65)56-32-18-15-29(16-19-32)36-59-41(61-60-36)44(47,48)45(49,50)46(51,52)53/h7-8,11-12,15-20,22,27,30,34-35H,5-6,9-10,13-14,21,23-24H2,1-4H3,(H,54,64)(H,55,66)(H,56,65)(H,57,63)(H,58,62)(H,59,60,61)/t27-,30-,34?,35?. The van der Waals surface area contributed by atoms with Gasteiger partial charge in [0.15, 0.2) is 5.82 Å². The molecule has 1 aliphatic heterocycles. The highest BCUT2D eigenvalue weighted by Crippen LogP contribution is 2.51. The van der Waals surface area contributed by atoms with Crippen LogP contribution in [0, 0.1) is 18.8 Å². The lowest BCUT2D eigenvalue weighted by Gasteiger charge is -2.29. The minimum absolute atomic E-state index is 0.0358. The Morgan fingerprint density at radius 1 is 0.851 bits per heavy atom. The van der Waals surface area contributed by atoms with Crippen LogP contribution in [-0.4, -0.2) is 87.8 Å². The topological polar surface area (TPSA) is 196 Å². The van der Waals surface area contributed by atoms with Crippen LogP contribution in [0.4, 0.5) is 41.2 Å². The fourth-order valence-corrected chi connectivity index (χ4v) is 7.80. The summed E-state index contributed by atoms with van der Waals surface area (Å²) >= 11 is 0. The Labute approximate surface area is 381 Å². The zero-order valence-electron chi connectivity index (χ0n) is 37.0. The molecule has 0 bridgehead atoms. The number of H-pyrrole nitrogens is 1. The molecular weight excluding hydrogens is 894 g/mol. The first-order valence-electron chi connectivity index (χ1n) is 21.6. The molecule has 2 fully saturated rings. The molecule has 67 heavy (non-hydrogen) atoms. The van der Waals surface area contributed by atoms with Crippen LogP contribution in [0.3, 0.4) is 0 Å². The van der Waals surface area contributed by atoms with E-state index in [4.69, 9.17) is 4.74 Å².